The molecule has 0 saturated heterocycles. The fourth-order valence-electron chi connectivity index (χ4n) is 3.03. The van der Waals surface area contributed by atoms with E-state index in [-0.39, 0.29) is 28.9 Å². The summed E-state index contributed by atoms with van der Waals surface area (Å²) < 4.78 is 87.0. The van der Waals surface area contributed by atoms with Crippen molar-refractivity contribution >= 4 is 37.5 Å². The molecule has 2 aromatic rings. The molecule has 2 heterocycles. The van der Waals surface area contributed by atoms with Crippen LogP contribution in [-0.2, 0) is 10.8 Å². The molecule has 0 N–H and O–H groups in total. The number of hydrogen-bond acceptors (Lipinski definition) is 7. The molecule has 0 bridgehead atoms. The molecule has 0 radical (unpaired) electrons. The third kappa shape index (κ3) is 7.47. The van der Waals surface area contributed by atoms with Crippen molar-refractivity contribution in [2.75, 3.05) is 12.4 Å². The van der Waals surface area contributed by atoms with Gasteiger partial charge in [-0.1, -0.05) is 36.6 Å². The molecule has 2 aromatic heterocycles. The first kappa shape index (κ1) is 31.6. The van der Waals surface area contributed by atoms with Gasteiger partial charge in [0.25, 0.3) is 0 Å². The van der Waals surface area contributed by atoms with Crippen molar-refractivity contribution in [2.24, 2.45) is 10.9 Å². The fourth-order valence-corrected chi connectivity index (χ4v) is 4.27. The Kier molecular flexibility index (Phi) is 10.7. The van der Waals surface area contributed by atoms with Crippen LogP contribution in [0.15, 0.2) is 47.1 Å². The lowest BCUT2D eigenvalue weighted by Gasteiger charge is -2.32. The molecule has 0 aromatic carbocycles. The van der Waals surface area contributed by atoms with Crippen molar-refractivity contribution < 1.29 is 30.9 Å². The van der Waals surface area contributed by atoms with Gasteiger partial charge in [-0.25, -0.2) is 14.4 Å². The molecule has 0 fully saturated rings. The summed E-state index contributed by atoms with van der Waals surface area (Å²) in [6, 6.07) is 4.18. The zero-order chi connectivity index (χ0) is 28.7. The van der Waals surface area contributed by atoms with E-state index in [1.54, 1.807) is 13.0 Å². The van der Waals surface area contributed by atoms with E-state index in [9.17, 15) is 26.2 Å². The maximum Gasteiger partial charge on any atom is 0.349 e. The minimum Gasteiger partial charge on any atom is -0.470 e. The predicted molar refractivity (Wildman–Crippen MR) is 141 cm³/mol. The molecular weight excluding hydrogens is 548 g/mol. The lowest BCUT2D eigenvalue weighted by atomic mass is 9.95. The Balaban J connectivity index is 2.41. The SMILES string of the molecule is C=C(N=C/C(=C(/c1ccc(OCC(F)(F)C(F)(F)C(C)(F)P)nn1)[C@H](C)CC)S(=O)CC)c1ncccn1. The van der Waals surface area contributed by atoms with Gasteiger partial charge in [0.2, 0.25) is 5.88 Å². The first-order valence-corrected chi connectivity index (χ1v) is 13.4. The number of ether oxygens (including phenoxy) is 1. The Hall–Kier alpha value is -2.66. The molecule has 38 heavy (non-hydrogen) atoms. The van der Waals surface area contributed by atoms with Gasteiger partial charge in [-0.3, -0.25) is 9.20 Å². The normalized spacial score (nSPS) is 16.5. The van der Waals surface area contributed by atoms with Gasteiger partial charge in [0.05, 0.1) is 21.4 Å². The van der Waals surface area contributed by atoms with Crippen molar-refractivity contribution in [3.8, 4) is 5.88 Å². The van der Waals surface area contributed by atoms with E-state index >= 15 is 0 Å². The van der Waals surface area contributed by atoms with Crippen LogP contribution in [0.25, 0.3) is 11.3 Å². The summed E-state index contributed by atoms with van der Waals surface area (Å²) in [5, 5.41) is 4.15. The number of allylic oxidation sites excluding steroid dienone is 2. The van der Waals surface area contributed by atoms with Crippen molar-refractivity contribution in [2.45, 2.75) is 51.4 Å². The quantitative estimate of drug-likeness (QED) is 0.171. The Morgan fingerprint density at radius 3 is 2.32 bits per heavy atom. The lowest BCUT2D eigenvalue weighted by molar-refractivity contribution is -0.254. The van der Waals surface area contributed by atoms with Crippen LogP contribution >= 0.6 is 9.24 Å². The highest BCUT2D eigenvalue weighted by Crippen LogP contribution is 2.48. The van der Waals surface area contributed by atoms with Crippen LogP contribution in [0.1, 0.15) is 45.6 Å². The summed E-state index contributed by atoms with van der Waals surface area (Å²) in [6.45, 7) is 7.84. The number of rotatable bonds is 13. The number of halogens is 5. The second-order valence-corrected chi connectivity index (χ2v) is 11.2. The first-order valence-electron chi connectivity index (χ1n) is 11.5. The van der Waals surface area contributed by atoms with Crippen molar-refractivity contribution in [3.63, 3.8) is 0 Å². The zero-order valence-corrected chi connectivity index (χ0v) is 23.3. The highest BCUT2D eigenvalue weighted by Gasteiger charge is 2.66. The van der Waals surface area contributed by atoms with Crippen LogP contribution in [-0.4, -0.2) is 60.2 Å². The van der Waals surface area contributed by atoms with Crippen molar-refractivity contribution in [1.29, 1.82) is 0 Å². The highest BCUT2D eigenvalue weighted by molar-refractivity contribution is 7.90. The average molecular weight is 578 g/mol. The number of aliphatic imine (C=N–C) groups is 1. The average Bonchev–Trinajstić information content (AvgIpc) is 2.89. The molecule has 0 amide bonds. The van der Waals surface area contributed by atoms with Gasteiger partial charge in [-0.15, -0.1) is 10.2 Å². The molecule has 0 spiro atoms. The van der Waals surface area contributed by atoms with E-state index in [1.165, 1.54) is 24.7 Å². The molecular formula is C24H29F5N5O2PS. The van der Waals surface area contributed by atoms with Gasteiger partial charge >= 0.3 is 11.8 Å². The van der Waals surface area contributed by atoms with E-state index in [2.05, 4.69) is 31.7 Å². The van der Waals surface area contributed by atoms with Crippen molar-refractivity contribution in [1.82, 2.24) is 20.2 Å². The van der Waals surface area contributed by atoms with Crippen LogP contribution in [0.4, 0.5) is 22.0 Å². The summed E-state index contributed by atoms with van der Waals surface area (Å²) in [7, 11) is -0.436. The molecule has 2 rings (SSSR count). The Morgan fingerprint density at radius 1 is 1.18 bits per heavy atom. The molecule has 0 aliphatic heterocycles. The number of alkyl halides is 5. The number of hydrogen-bond donors (Lipinski definition) is 0. The molecule has 208 valence electrons. The van der Waals surface area contributed by atoms with Crippen LogP contribution in [0.5, 0.6) is 5.88 Å². The fraction of sp³-hybridized carbons (Fsp3) is 0.458. The van der Waals surface area contributed by atoms with Gasteiger partial charge in [-0.05, 0) is 31.4 Å². The second kappa shape index (κ2) is 12.9. The molecule has 0 aliphatic carbocycles. The minimum atomic E-state index is -5.02. The summed E-state index contributed by atoms with van der Waals surface area (Å²) in [5.74, 6) is -9.95. The van der Waals surface area contributed by atoms with Gasteiger partial charge in [0, 0.05) is 36.0 Å². The predicted octanol–water partition coefficient (Wildman–Crippen LogP) is 5.74. The third-order valence-electron chi connectivity index (χ3n) is 5.43. The topological polar surface area (TPSA) is 90.2 Å². The van der Waals surface area contributed by atoms with Crippen LogP contribution in [0, 0.1) is 5.92 Å². The molecule has 7 nitrogen and oxygen atoms in total. The van der Waals surface area contributed by atoms with E-state index in [1.807, 2.05) is 13.8 Å². The first-order chi connectivity index (χ1) is 17.7. The van der Waals surface area contributed by atoms with Crippen LogP contribution < -0.4 is 4.74 Å². The van der Waals surface area contributed by atoms with E-state index < -0.39 is 40.5 Å². The smallest absolute Gasteiger partial charge is 0.349 e. The maximum absolute atomic E-state index is 14.0. The third-order valence-corrected chi connectivity index (χ3v) is 7.13. The number of aromatic nitrogens is 4. The maximum atomic E-state index is 14.0. The van der Waals surface area contributed by atoms with E-state index in [0.29, 0.717) is 23.8 Å². The Morgan fingerprint density at radius 2 is 1.82 bits per heavy atom. The van der Waals surface area contributed by atoms with Gasteiger partial charge in [0.1, 0.15) is 5.70 Å². The molecule has 14 heteroatoms. The van der Waals surface area contributed by atoms with Gasteiger partial charge in [0.15, 0.2) is 17.8 Å². The van der Waals surface area contributed by atoms with Crippen LogP contribution in [0.3, 0.4) is 0 Å². The molecule has 0 saturated carbocycles. The van der Waals surface area contributed by atoms with Gasteiger partial charge in [-0.2, -0.15) is 17.6 Å². The molecule has 0 aliphatic rings. The number of nitrogens with zero attached hydrogens (tertiary/aromatic N) is 5. The summed E-state index contributed by atoms with van der Waals surface area (Å²) in [5.41, 5.74) is 1.03. The molecule has 4 atom stereocenters. The standard InChI is InChI=1S/C24H29F5N5O2PS/c1-6-15(3)20(18(38(35)7-2)13-32-16(4)21-30-11-8-12-31-21)17-9-10-19(34-33-17)36-14-23(26,27)24(28,29)22(5,25)37/h8-13,15H,4,6-7,14,37H2,1-3,5H3/b20-18-,32-13?/t15-,22?,38?/m1/s1. The zero-order valence-electron chi connectivity index (χ0n) is 21.3. The second-order valence-electron chi connectivity index (χ2n) is 8.40. The molecule has 3 unspecified atom stereocenters. The van der Waals surface area contributed by atoms with Gasteiger partial charge < -0.3 is 4.74 Å². The summed E-state index contributed by atoms with van der Waals surface area (Å²) >= 11 is 0. The lowest BCUT2D eigenvalue weighted by Crippen LogP contribution is -2.54. The summed E-state index contributed by atoms with van der Waals surface area (Å²) in [6.07, 6.45) is 5.07. The van der Waals surface area contributed by atoms with Crippen LogP contribution in [0.2, 0.25) is 0 Å². The Labute approximate surface area is 222 Å². The summed E-state index contributed by atoms with van der Waals surface area (Å²) in [4.78, 5) is 12.8. The largest absolute Gasteiger partial charge is 0.470 e. The minimum absolute atomic E-state index is 0.179. The van der Waals surface area contributed by atoms with Crippen molar-refractivity contribution in [3.05, 3.63) is 53.6 Å². The highest BCUT2D eigenvalue weighted by atomic mass is 32.2. The Bertz CT molecular complexity index is 1190. The van der Waals surface area contributed by atoms with E-state index in [4.69, 9.17) is 4.74 Å². The van der Waals surface area contributed by atoms with E-state index in [0.717, 1.165) is 15.3 Å². The monoisotopic (exact) mass is 577 g/mol.